The molecule has 2 heteroatoms. The number of nitrogens with zero attached hydrogens (tertiary/aromatic N) is 2. The molecular formula is C22H18N2. The van der Waals surface area contributed by atoms with Crippen LogP contribution in [0.25, 0.3) is 43.4 Å². The highest BCUT2D eigenvalue weighted by atomic mass is 14.7. The topological polar surface area (TPSA) is 25.8 Å². The van der Waals surface area contributed by atoms with Gasteiger partial charge in [0.25, 0.3) is 0 Å². The van der Waals surface area contributed by atoms with E-state index in [0.717, 1.165) is 11.0 Å². The normalized spacial score (nSPS) is 12.2. The fourth-order valence-electron chi connectivity index (χ4n) is 4.31. The Balaban J connectivity index is 2.26. The van der Waals surface area contributed by atoms with E-state index >= 15 is 0 Å². The Bertz CT molecular complexity index is 1090. The molecule has 2 aromatic heterocycles. The zero-order valence-electron chi connectivity index (χ0n) is 14.4. The molecule has 0 saturated carbocycles. The van der Waals surface area contributed by atoms with Gasteiger partial charge in [0, 0.05) is 33.9 Å². The minimum absolute atomic E-state index is 1.10. The van der Waals surface area contributed by atoms with E-state index in [1.54, 1.807) is 0 Å². The minimum atomic E-state index is 1.10. The lowest BCUT2D eigenvalue weighted by atomic mass is 9.90. The van der Waals surface area contributed by atoms with Crippen LogP contribution in [0.3, 0.4) is 0 Å². The van der Waals surface area contributed by atoms with E-state index in [-0.39, 0.29) is 0 Å². The summed E-state index contributed by atoms with van der Waals surface area (Å²) >= 11 is 0. The Hall–Kier alpha value is -2.74. The van der Waals surface area contributed by atoms with Gasteiger partial charge in [0.1, 0.15) is 0 Å². The fourth-order valence-corrected chi connectivity index (χ4v) is 4.31. The van der Waals surface area contributed by atoms with Gasteiger partial charge in [-0.3, -0.25) is 9.97 Å². The number of fused-ring (bicyclic) bond motifs is 2. The van der Waals surface area contributed by atoms with Gasteiger partial charge in [-0.15, -0.1) is 0 Å². The predicted molar refractivity (Wildman–Crippen MR) is 102 cm³/mol. The summed E-state index contributed by atoms with van der Waals surface area (Å²) in [5, 5.41) is 7.57. The van der Waals surface area contributed by atoms with Crippen molar-refractivity contribution in [1.29, 1.82) is 0 Å². The summed E-state index contributed by atoms with van der Waals surface area (Å²) in [5.41, 5.74) is 7.25. The SMILES string of the molecule is Cc1ccc2c3ncc(C)c4c(C)ccc(c5ncc(C)c1c25)c43. The highest BCUT2D eigenvalue weighted by molar-refractivity contribution is 6.32. The van der Waals surface area contributed by atoms with E-state index in [2.05, 4.69) is 52.0 Å². The summed E-state index contributed by atoms with van der Waals surface area (Å²) in [6.45, 7) is 8.65. The first-order valence-electron chi connectivity index (χ1n) is 8.36. The summed E-state index contributed by atoms with van der Waals surface area (Å²) in [7, 11) is 0. The molecule has 0 spiro atoms. The number of benzene rings is 3. The Morgan fingerprint density at radius 1 is 0.500 bits per heavy atom. The van der Waals surface area contributed by atoms with E-state index in [0.29, 0.717) is 0 Å². The van der Waals surface area contributed by atoms with E-state index < -0.39 is 0 Å². The molecule has 0 aliphatic carbocycles. The van der Waals surface area contributed by atoms with E-state index in [4.69, 9.17) is 9.97 Å². The summed E-state index contributed by atoms with van der Waals surface area (Å²) in [5.74, 6) is 0. The number of aryl methyl sites for hydroxylation is 4. The van der Waals surface area contributed by atoms with Crippen molar-refractivity contribution in [3.63, 3.8) is 0 Å². The number of aromatic nitrogens is 2. The van der Waals surface area contributed by atoms with Crippen molar-refractivity contribution in [1.82, 2.24) is 9.97 Å². The second-order valence-corrected chi connectivity index (χ2v) is 6.94. The highest BCUT2D eigenvalue weighted by Crippen LogP contribution is 2.41. The van der Waals surface area contributed by atoms with Crippen LogP contribution in [0.1, 0.15) is 22.3 Å². The summed E-state index contributed by atoms with van der Waals surface area (Å²) in [4.78, 5) is 9.67. The first-order chi connectivity index (χ1) is 11.6. The van der Waals surface area contributed by atoms with Crippen LogP contribution in [0, 0.1) is 27.7 Å². The van der Waals surface area contributed by atoms with Crippen LogP contribution in [0.2, 0.25) is 0 Å². The van der Waals surface area contributed by atoms with Crippen LogP contribution in [0.5, 0.6) is 0 Å². The highest BCUT2D eigenvalue weighted by Gasteiger charge is 2.18. The number of pyridine rings is 2. The molecule has 2 heterocycles. The Labute approximate surface area is 140 Å². The molecule has 0 unspecified atom stereocenters. The first-order valence-corrected chi connectivity index (χ1v) is 8.36. The average molecular weight is 310 g/mol. The summed E-state index contributed by atoms with van der Waals surface area (Å²) in [6.07, 6.45) is 4.02. The molecule has 5 aromatic rings. The van der Waals surface area contributed by atoms with Gasteiger partial charge in [-0.1, -0.05) is 24.3 Å². The van der Waals surface area contributed by atoms with Crippen LogP contribution in [0.4, 0.5) is 0 Å². The van der Waals surface area contributed by atoms with Gasteiger partial charge in [-0.2, -0.15) is 0 Å². The van der Waals surface area contributed by atoms with Crippen LogP contribution in [-0.4, -0.2) is 9.97 Å². The minimum Gasteiger partial charge on any atom is -0.255 e. The third kappa shape index (κ3) is 1.51. The van der Waals surface area contributed by atoms with E-state index in [1.165, 1.54) is 54.6 Å². The summed E-state index contributed by atoms with van der Waals surface area (Å²) in [6, 6.07) is 8.85. The molecule has 116 valence electrons. The van der Waals surface area contributed by atoms with Crippen molar-refractivity contribution in [3.05, 3.63) is 58.9 Å². The molecule has 0 aliphatic rings. The third-order valence-corrected chi connectivity index (χ3v) is 5.37. The zero-order chi connectivity index (χ0) is 16.6. The lowest BCUT2D eigenvalue weighted by molar-refractivity contribution is 1.33. The van der Waals surface area contributed by atoms with Crippen molar-refractivity contribution in [2.45, 2.75) is 27.7 Å². The molecule has 5 rings (SSSR count). The lowest BCUT2D eigenvalue weighted by Crippen LogP contribution is -1.96. The molecule has 0 atom stereocenters. The molecule has 0 N–H and O–H groups in total. The zero-order valence-corrected chi connectivity index (χ0v) is 14.4. The molecule has 0 aliphatic heterocycles. The number of rotatable bonds is 0. The van der Waals surface area contributed by atoms with E-state index in [1.807, 2.05) is 12.4 Å². The monoisotopic (exact) mass is 310 g/mol. The second kappa shape index (κ2) is 4.41. The van der Waals surface area contributed by atoms with Crippen LogP contribution in [0.15, 0.2) is 36.7 Å². The standard InChI is InChI=1S/C22H18N2/c1-11-5-7-15-19-17(11)13(3)9-23-21(19)16-8-6-12(2)18-14(4)10-24-22(15)20(16)18/h5-10H,1-4H3. The quantitative estimate of drug-likeness (QED) is 0.268. The first kappa shape index (κ1) is 13.7. The van der Waals surface area contributed by atoms with E-state index in [9.17, 15) is 0 Å². The maximum absolute atomic E-state index is 4.83. The Morgan fingerprint density at radius 2 is 0.917 bits per heavy atom. The van der Waals surface area contributed by atoms with Gasteiger partial charge in [-0.25, -0.2) is 0 Å². The van der Waals surface area contributed by atoms with Gasteiger partial charge >= 0.3 is 0 Å². The van der Waals surface area contributed by atoms with Crippen molar-refractivity contribution in [2.75, 3.05) is 0 Å². The predicted octanol–water partition coefficient (Wildman–Crippen LogP) is 5.76. The molecule has 0 fully saturated rings. The van der Waals surface area contributed by atoms with Crippen molar-refractivity contribution < 1.29 is 0 Å². The van der Waals surface area contributed by atoms with Crippen molar-refractivity contribution >= 4 is 43.4 Å². The molecule has 0 bridgehead atoms. The molecule has 24 heavy (non-hydrogen) atoms. The average Bonchev–Trinajstić information content (AvgIpc) is 2.57. The lowest BCUT2D eigenvalue weighted by Gasteiger charge is -2.17. The number of hydrogen-bond acceptors (Lipinski definition) is 2. The van der Waals surface area contributed by atoms with Gasteiger partial charge in [0.2, 0.25) is 0 Å². The Kier molecular flexibility index (Phi) is 2.52. The maximum Gasteiger partial charge on any atom is 0.0794 e. The van der Waals surface area contributed by atoms with Crippen molar-refractivity contribution in [2.24, 2.45) is 0 Å². The molecule has 0 saturated heterocycles. The van der Waals surface area contributed by atoms with Gasteiger partial charge in [0.15, 0.2) is 0 Å². The summed E-state index contributed by atoms with van der Waals surface area (Å²) < 4.78 is 0. The smallest absolute Gasteiger partial charge is 0.0794 e. The largest absolute Gasteiger partial charge is 0.255 e. The second-order valence-electron chi connectivity index (χ2n) is 6.94. The molecule has 0 radical (unpaired) electrons. The van der Waals surface area contributed by atoms with Gasteiger partial charge in [-0.05, 0) is 60.7 Å². The molecular weight excluding hydrogens is 292 g/mol. The Morgan fingerprint density at radius 3 is 1.33 bits per heavy atom. The maximum atomic E-state index is 4.83. The third-order valence-electron chi connectivity index (χ3n) is 5.37. The van der Waals surface area contributed by atoms with Gasteiger partial charge in [0.05, 0.1) is 11.0 Å². The van der Waals surface area contributed by atoms with Crippen LogP contribution in [-0.2, 0) is 0 Å². The van der Waals surface area contributed by atoms with Crippen LogP contribution >= 0.6 is 0 Å². The molecule has 0 amide bonds. The molecule has 3 aromatic carbocycles. The van der Waals surface area contributed by atoms with Crippen LogP contribution < -0.4 is 0 Å². The number of hydrogen-bond donors (Lipinski definition) is 0. The van der Waals surface area contributed by atoms with Gasteiger partial charge < -0.3 is 0 Å². The van der Waals surface area contributed by atoms with Crippen molar-refractivity contribution in [3.8, 4) is 0 Å². The molecule has 2 nitrogen and oxygen atoms in total. The fraction of sp³-hybridized carbons (Fsp3) is 0.182.